The molecule has 108 valence electrons. The lowest BCUT2D eigenvalue weighted by Gasteiger charge is -2.33. The smallest absolute Gasteiger partial charge is 0.185 e. The van der Waals surface area contributed by atoms with Gasteiger partial charge in [0.25, 0.3) is 0 Å². The molecule has 0 amide bonds. The fourth-order valence-corrected chi connectivity index (χ4v) is 3.09. The lowest BCUT2D eigenvalue weighted by molar-refractivity contribution is -0.0409. The van der Waals surface area contributed by atoms with Crippen molar-refractivity contribution < 1.29 is 13.9 Å². The van der Waals surface area contributed by atoms with E-state index in [0.717, 1.165) is 32.1 Å². The number of ether oxygens (including phenoxy) is 1. The zero-order valence-corrected chi connectivity index (χ0v) is 11.6. The molecule has 0 aliphatic carbocycles. The molecule has 1 aromatic rings. The molecule has 4 nitrogen and oxygen atoms in total. The van der Waals surface area contributed by atoms with Gasteiger partial charge in [-0.25, -0.2) is 4.39 Å². The number of Topliss-reactive ketones (excluding diaryl/α,β-unsaturated/α-hetero) is 1. The number of nitrogens with zero attached hydrogens (tertiary/aromatic N) is 2. The number of hydrogen-bond donors (Lipinski definition) is 0. The molecule has 3 heterocycles. The zero-order chi connectivity index (χ0) is 14.1. The van der Waals surface area contributed by atoms with E-state index in [2.05, 4.69) is 9.88 Å². The molecule has 0 N–H and O–H groups in total. The van der Waals surface area contributed by atoms with Gasteiger partial charge in [0, 0.05) is 25.6 Å². The van der Waals surface area contributed by atoms with Crippen LogP contribution in [-0.4, -0.2) is 47.5 Å². The summed E-state index contributed by atoms with van der Waals surface area (Å²) in [4.78, 5) is 18.4. The zero-order valence-electron chi connectivity index (χ0n) is 11.6. The summed E-state index contributed by atoms with van der Waals surface area (Å²) in [7, 11) is 0. The van der Waals surface area contributed by atoms with Gasteiger partial charge in [-0.2, -0.15) is 0 Å². The van der Waals surface area contributed by atoms with Gasteiger partial charge in [0.1, 0.15) is 11.5 Å². The molecule has 2 fully saturated rings. The van der Waals surface area contributed by atoms with Crippen LogP contribution in [0, 0.1) is 11.7 Å². The van der Waals surface area contributed by atoms with Crippen molar-refractivity contribution in [2.24, 2.45) is 5.92 Å². The number of aromatic nitrogens is 1. The van der Waals surface area contributed by atoms with Gasteiger partial charge in [-0.15, -0.1) is 0 Å². The summed E-state index contributed by atoms with van der Waals surface area (Å²) >= 11 is 0. The van der Waals surface area contributed by atoms with Gasteiger partial charge in [-0.1, -0.05) is 6.92 Å². The quantitative estimate of drug-likeness (QED) is 0.789. The van der Waals surface area contributed by atoms with E-state index < -0.39 is 5.82 Å². The Morgan fingerprint density at radius 3 is 2.75 bits per heavy atom. The molecule has 1 aromatic heterocycles. The first-order valence-corrected chi connectivity index (χ1v) is 7.15. The van der Waals surface area contributed by atoms with Gasteiger partial charge < -0.3 is 4.74 Å². The topological polar surface area (TPSA) is 42.4 Å². The van der Waals surface area contributed by atoms with Gasteiger partial charge in [0.2, 0.25) is 0 Å². The van der Waals surface area contributed by atoms with Crippen LogP contribution in [0.25, 0.3) is 0 Å². The number of likely N-dealkylation sites (tertiary alicyclic amines) is 1. The molecule has 0 radical (unpaired) electrons. The number of carbonyl (C=O) groups is 1. The highest BCUT2D eigenvalue weighted by Crippen LogP contribution is 2.26. The van der Waals surface area contributed by atoms with Crippen molar-refractivity contribution in [3.05, 3.63) is 29.8 Å². The Hall–Kier alpha value is -1.33. The third-order valence-corrected chi connectivity index (χ3v) is 4.08. The molecular weight excluding hydrogens is 259 g/mol. The second-order valence-corrected chi connectivity index (χ2v) is 5.80. The first-order chi connectivity index (χ1) is 9.61. The monoisotopic (exact) mass is 278 g/mol. The number of ketones is 1. The van der Waals surface area contributed by atoms with E-state index in [-0.39, 0.29) is 11.7 Å². The van der Waals surface area contributed by atoms with Crippen LogP contribution in [0.15, 0.2) is 18.3 Å². The second-order valence-electron chi connectivity index (χ2n) is 5.80. The normalized spacial score (nSPS) is 27.5. The first kappa shape index (κ1) is 13.6. The van der Waals surface area contributed by atoms with E-state index in [4.69, 9.17) is 4.74 Å². The summed E-state index contributed by atoms with van der Waals surface area (Å²) in [5.74, 6) is -0.576. The molecule has 2 aliphatic heterocycles. The Balaban J connectivity index is 1.60. The molecule has 2 saturated heterocycles. The Labute approximate surface area is 117 Å². The van der Waals surface area contributed by atoms with Crippen LogP contribution < -0.4 is 0 Å². The number of carbonyl (C=O) groups excluding carboxylic acids is 1. The maximum atomic E-state index is 12.8. The minimum Gasteiger partial charge on any atom is -0.372 e. The summed E-state index contributed by atoms with van der Waals surface area (Å²) in [6.45, 7) is 4.44. The van der Waals surface area contributed by atoms with E-state index in [1.54, 1.807) is 0 Å². The minimum atomic E-state index is -0.418. The third-order valence-electron chi connectivity index (χ3n) is 4.08. The van der Waals surface area contributed by atoms with E-state index in [0.29, 0.717) is 24.4 Å². The molecule has 5 heteroatoms. The SMILES string of the molecule is CC(CN1CC2CCC(C1)O2)C(=O)c1ccc(F)cn1. The molecule has 3 rings (SSSR count). The summed E-state index contributed by atoms with van der Waals surface area (Å²) in [5.41, 5.74) is 0.343. The van der Waals surface area contributed by atoms with Gasteiger partial charge >= 0.3 is 0 Å². The van der Waals surface area contributed by atoms with Crippen molar-refractivity contribution in [3.8, 4) is 0 Å². The van der Waals surface area contributed by atoms with Gasteiger partial charge in [-0.3, -0.25) is 14.7 Å². The molecule has 2 bridgehead atoms. The van der Waals surface area contributed by atoms with E-state index in [1.807, 2.05) is 6.92 Å². The van der Waals surface area contributed by atoms with Crippen LogP contribution in [0.4, 0.5) is 4.39 Å². The molecule has 2 aliphatic rings. The molecule has 3 unspecified atom stereocenters. The summed E-state index contributed by atoms with van der Waals surface area (Å²) in [5, 5.41) is 0. The van der Waals surface area contributed by atoms with E-state index >= 15 is 0 Å². The molecule has 0 aromatic carbocycles. The standard InChI is InChI=1S/C15H19FN2O2/c1-10(15(19)14-5-2-11(16)6-17-14)7-18-8-12-3-4-13(9-18)20-12/h2,5-6,10,12-13H,3-4,7-9H2,1H3. The third kappa shape index (κ3) is 2.88. The maximum absolute atomic E-state index is 12.8. The predicted molar refractivity (Wildman–Crippen MR) is 72.0 cm³/mol. The van der Waals surface area contributed by atoms with Crippen molar-refractivity contribution in [2.75, 3.05) is 19.6 Å². The average Bonchev–Trinajstić information content (AvgIpc) is 2.78. The lowest BCUT2D eigenvalue weighted by Crippen LogP contribution is -2.45. The number of morpholine rings is 1. The summed E-state index contributed by atoms with van der Waals surface area (Å²) in [6.07, 6.45) is 4.01. The van der Waals surface area contributed by atoms with Crippen LogP contribution in [-0.2, 0) is 4.74 Å². The molecule has 0 spiro atoms. The molecule has 20 heavy (non-hydrogen) atoms. The number of halogens is 1. The van der Waals surface area contributed by atoms with Crippen molar-refractivity contribution in [3.63, 3.8) is 0 Å². The molecular formula is C15H19FN2O2. The number of hydrogen-bond acceptors (Lipinski definition) is 4. The number of pyridine rings is 1. The van der Waals surface area contributed by atoms with Gasteiger partial charge in [-0.05, 0) is 25.0 Å². The van der Waals surface area contributed by atoms with Crippen molar-refractivity contribution in [2.45, 2.75) is 32.0 Å². The predicted octanol–water partition coefficient (Wildman–Crippen LogP) is 1.90. The number of rotatable bonds is 4. The fourth-order valence-electron chi connectivity index (χ4n) is 3.09. The Bertz CT molecular complexity index is 479. The van der Waals surface area contributed by atoms with Crippen LogP contribution in [0.5, 0.6) is 0 Å². The van der Waals surface area contributed by atoms with Crippen LogP contribution in [0.3, 0.4) is 0 Å². The van der Waals surface area contributed by atoms with Crippen LogP contribution in [0.2, 0.25) is 0 Å². The second kappa shape index (κ2) is 5.58. The molecule has 0 saturated carbocycles. The fraction of sp³-hybridized carbons (Fsp3) is 0.600. The van der Waals surface area contributed by atoms with Crippen LogP contribution in [0.1, 0.15) is 30.3 Å². The largest absolute Gasteiger partial charge is 0.372 e. The first-order valence-electron chi connectivity index (χ1n) is 7.15. The summed E-state index contributed by atoms with van der Waals surface area (Å²) in [6, 6.07) is 2.74. The maximum Gasteiger partial charge on any atom is 0.185 e. The van der Waals surface area contributed by atoms with Gasteiger partial charge in [0.05, 0.1) is 18.4 Å². The number of fused-ring (bicyclic) bond motifs is 2. The minimum absolute atomic E-state index is 0.0242. The Kier molecular flexibility index (Phi) is 3.81. The average molecular weight is 278 g/mol. The lowest BCUT2D eigenvalue weighted by atomic mass is 10.0. The Morgan fingerprint density at radius 2 is 2.15 bits per heavy atom. The highest BCUT2D eigenvalue weighted by atomic mass is 19.1. The summed E-state index contributed by atoms with van der Waals surface area (Å²) < 4.78 is 18.6. The molecule has 3 atom stereocenters. The highest BCUT2D eigenvalue weighted by molar-refractivity contribution is 5.95. The van der Waals surface area contributed by atoms with E-state index in [1.165, 1.54) is 12.1 Å². The highest BCUT2D eigenvalue weighted by Gasteiger charge is 2.34. The van der Waals surface area contributed by atoms with Crippen molar-refractivity contribution in [1.82, 2.24) is 9.88 Å². The van der Waals surface area contributed by atoms with E-state index in [9.17, 15) is 9.18 Å². The van der Waals surface area contributed by atoms with Crippen LogP contribution >= 0.6 is 0 Å². The Morgan fingerprint density at radius 1 is 1.45 bits per heavy atom. The van der Waals surface area contributed by atoms with Crippen molar-refractivity contribution >= 4 is 5.78 Å². The van der Waals surface area contributed by atoms with Crippen molar-refractivity contribution in [1.29, 1.82) is 0 Å². The van der Waals surface area contributed by atoms with Gasteiger partial charge in [0.15, 0.2) is 5.78 Å².